The molecule has 2 atom stereocenters. The molecule has 2 aromatic carbocycles. The first kappa shape index (κ1) is 15.5. The molecule has 0 spiro atoms. The van der Waals surface area contributed by atoms with Gasteiger partial charge in [-0.2, -0.15) is 0 Å². The van der Waals surface area contributed by atoms with E-state index in [4.69, 9.17) is 11.6 Å². The van der Waals surface area contributed by atoms with E-state index in [1.54, 1.807) is 0 Å². The number of likely N-dealkylation sites (tertiary alicyclic amines) is 1. The molecule has 0 amide bonds. The maximum atomic E-state index is 11.0. The van der Waals surface area contributed by atoms with Crippen LogP contribution < -0.4 is 4.90 Å². The lowest BCUT2D eigenvalue weighted by atomic mass is 9.93. The van der Waals surface area contributed by atoms with E-state index in [0.29, 0.717) is 5.02 Å². The van der Waals surface area contributed by atoms with Crippen molar-refractivity contribution in [2.75, 3.05) is 13.1 Å². The van der Waals surface area contributed by atoms with Gasteiger partial charge in [-0.15, -0.1) is 0 Å². The van der Waals surface area contributed by atoms with Crippen molar-refractivity contribution in [1.82, 2.24) is 0 Å². The summed E-state index contributed by atoms with van der Waals surface area (Å²) >= 11 is 5.97. The molecule has 0 unspecified atom stereocenters. The first-order chi connectivity index (χ1) is 10.8. The smallest absolute Gasteiger partial charge is 0.144 e. The van der Waals surface area contributed by atoms with E-state index in [-0.39, 0.29) is 6.04 Å². The highest BCUT2D eigenvalue weighted by Crippen LogP contribution is 2.28. The van der Waals surface area contributed by atoms with Crippen LogP contribution in [0.2, 0.25) is 5.02 Å². The molecule has 116 valence electrons. The van der Waals surface area contributed by atoms with Gasteiger partial charge in [0.2, 0.25) is 0 Å². The summed E-state index contributed by atoms with van der Waals surface area (Å²) in [4.78, 5) is 1.49. The molecule has 0 aliphatic carbocycles. The number of hydrogen-bond donors (Lipinski definition) is 2. The largest absolute Gasteiger partial charge is 0.382 e. The van der Waals surface area contributed by atoms with Gasteiger partial charge in [-0.05, 0) is 37.0 Å². The molecule has 3 heteroatoms. The molecule has 2 aromatic rings. The predicted molar refractivity (Wildman–Crippen MR) is 90.1 cm³/mol. The van der Waals surface area contributed by atoms with Crippen molar-refractivity contribution in [1.29, 1.82) is 0 Å². The summed E-state index contributed by atoms with van der Waals surface area (Å²) in [7, 11) is 0. The van der Waals surface area contributed by atoms with Crippen LogP contribution in [0.5, 0.6) is 0 Å². The Hall–Kier alpha value is -1.35. The van der Waals surface area contributed by atoms with Crippen LogP contribution in [0.1, 0.15) is 42.5 Å². The molecule has 0 saturated carbocycles. The highest BCUT2D eigenvalue weighted by atomic mass is 35.5. The van der Waals surface area contributed by atoms with Crippen LogP contribution in [0.4, 0.5) is 0 Å². The molecule has 0 radical (unpaired) electrons. The number of nitrogens with one attached hydrogen (secondary N) is 1. The summed E-state index contributed by atoms with van der Waals surface area (Å²) in [6.45, 7) is 2.26. The summed E-state index contributed by atoms with van der Waals surface area (Å²) in [6, 6.07) is 18.1. The van der Waals surface area contributed by atoms with E-state index in [0.717, 1.165) is 18.7 Å². The van der Waals surface area contributed by atoms with Crippen LogP contribution in [0.15, 0.2) is 54.6 Å². The van der Waals surface area contributed by atoms with Crippen LogP contribution in [-0.2, 0) is 0 Å². The van der Waals surface area contributed by atoms with Crippen molar-refractivity contribution in [3.63, 3.8) is 0 Å². The van der Waals surface area contributed by atoms with Crippen molar-refractivity contribution in [3.8, 4) is 0 Å². The van der Waals surface area contributed by atoms with E-state index in [9.17, 15) is 5.11 Å². The Morgan fingerprint density at radius 1 is 0.818 bits per heavy atom. The molecule has 1 fully saturated rings. The Labute approximate surface area is 137 Å². The molecule has 2 N–H and O–H groups in total. The average molecular weight is 317 g/mol. The minimum atomic E-state index is -0.507. The fourth-order valence-electron chi connectivity index (χ4n) is 3.47. The van der Waals surface area contributed by atoms with E-state index < -0.39 is 6.10 Å². The van der Waals surface area contributed by atoms with Crippen LogP contribution in [0.25, 0.3) is 0 Å². The van der Waals surface area contributed by atoms with Gasteiger partial charge in [-0.25, -0.2) is 0 Å². The Morgan fingerprint density at radius 3 is 2.09 bits per heavy atom. The quantitative estimate of drug-likeness (QED) is 0.889. The zero-order valence-electron chi connectivity index (χ0n) is 12.7. The number of piperidine rings is 1. The topological polar surface area (TPSA) is 24.7 Å². The number of aliphatic hydroxyl groups is 1. The van der Waals surface area contributed by atoms with E-state index >= 15 is 0 Å². The lowest BCUT2D eigenvalue weighted by molar-refractivity contribution is -0.941. The minimum Gasteiger partial charge on any atom is -0.382 e. The second-order valence-corrected chi connectivity index (χ2v) is 6.54. The number of hydrogen-bond acceptors (Lipinski definition) is 1. The molecule has 2 nitrogen and oxygen atoms in total. The number of halogens is 1. The average Bonchev–Trinajstić information content (AvgIpc) is 2.57. The minimum absolute atomic E-state index is 0.0858. The van der Waals surface area contributed by atoms with Gasteiger partial charge in [0.15, 0.2) is 0 Å². The molecule has 22 heavy (non-hydrogen) atoms. The normalized spacial score (nSPS) is 18.8. The highest BCUT2D eigenvalue weighted by Gasteiger charge is 2.33. The van der Waals surface area contributed by atoms with Gasteiger partial charge in [-0.1, -0.05) is 54.1 Å². The summed E-state index contributed by atoms with van der Waals surface area (Å²) < 4.78 is 0. The molecule has 1 saturated heterocycles. The van der Waals surface area contributed by atoms with Crippen molar-refractivity contribution < 1.29 is 10.0 Å². The number of quaternary nitrogens is 1. The standard InChI is InChI=1S/C19H22ClNO/c20-17-11-9-16(10-12-17)19(22)18(15-7-3-1-4-8-15)21-13-5-2-6-14-21/h1,3-4,7-12,18-19,22H,2,5-6,13-14H2/p+1/t18-,19-/m1/s1. The van der Waals surface area contributed by atoms with Gasteiger partial charge < -0.3 is 10.0 Å². The van der Waals surface area contributed by atoms with Crippen molar-refractivity contribution in [2.24, 2.45) is 0 Å². The lowest BCUT2D eigenvalue weighted by Gasteiger charge is -2.34. The van der Waals surface area contributed by atoms with Crippen LogP contribution in [0.3, 0.4) is 0 Å². The zero-order chi connectivity index (χ0) is 15.4. The van der Waals surface area contributed by atoms with Crippen molar-refractivity contribution in [3.05, 3.63) is 70.7 Å². The van der Waals surface area contributed by atoms with Gasteiger partial charge >= 0.3 is 0 Å². The lowest BCUT2D eigenvalue weighted by Crippen LogP contribution is -3.13. The van der Waals surface area contributed by atoms with Gasteiger partial charge in [0.1, 0.15) is 12.1 Å². The number of aliphatic hydroxyl groups excluding tert-OH is 1. The Balaban J connectivity index is 1.91. The SMILES string of the molecule is O[C@H](c1ccc(Cl)cc1)[C@@H](c1ccccc1)[NH+]1CCCCC1. The second-order valence-electron chi connectivity index (χ2n) is 6.10. The van der Waals surface area contributed by atoms with Gasteiger partial charge in [0.25, 0.3) is 0 Å². The molecular formula is C19H23ClNO+. The number of benzene rings is 2. The molecule has 1 aliphatic heterocycles. The molecule has 0 bridgehead atoms. The van der Waals surface area contributed by atoms with Gasteiger partial charge in [0, 0.05) is 10.6 Å². The Morgan fingerprint density at radius 2 is 1.45 bits per heavy atom. The van der Waals surface area contributed by atoms with Gasteiger partial charge in [0.05, 0.1) is 13.1 Å². The van der Waals surface area contributed by atoms with Crippen LogP contribution in [-0.4, -0.2) is 18.2 Å². The maximum Gasteiger partial charge on any atom is 0.144 e. The fraction of sp³-hybridized carbons (Fsp3) is 0.368. The first-order valence-corrected chi connectivity index (χ1v) is 8.46. The number of rotatable bonds is 4. The van der Waals surface area contributed by atoms with E-state index in [1.165, 1.54) is 29.7 Å². The summed E-state index contributed by atoms with van der Waals surface area (Å²) in [5, 5.41) is 11.7. The molecular weight excluding hydrogens is 294 g/mol. The zero-order valence-corrected chi connectivity index (χ0v) is 13.5. The molecule has 3 rings (SSSR count). The third-order valence-electron chi connectivity index (χ3n) is 4.62. The summed E-state index contributed by atoms with van der Waals surface area (Å²) in [6.07, 6.45) is 3.29. The Kier molecular flexibility index (Phi) is 5.14. The molecule has 0 aromatic heterocycles. The monoisotopic (exact) mass is 316 g/mol. The predicted octanol–water partition coefficient (Wildman–Crippen LogP) is 3.18. The van der Waals surface area contributed by atoms with Crippen molar-refractivity contribution in [2.45, 2.75) is 31.4 Å². The third kappa shape index (κ3) is 3.52. The first-order valence-electron chi connectivity index (χ1n) is 8.09. The van der Waals surface area contributed by atoms with Crippen molar-refractivity contribution >= 4 is 11.6 Å². The highest BCUT2D eigenvalue weighted by molar-refractivity contribution is 6.30. The third-order valence-corrected chi connectivity index (χ3v) is 4.87. The molecule has 1 aliphatic rings. The van der Waals surface area contributed by atoms with Crippen LogP contribution in [0, 0.1) is 0 Å². The van der Waals surface area contributed by atoms with Gasteiger partial charge in [-0.3, -0.25) is 0 Å². The Bertz CT molecular complexity index is 578. The summed E-state index contributed by atoms with van der Waals surface area (Å²) in [5.74, 6) is 0. The maximum absolute atomic E-state index is 11.0. The van der Waals surface area contributed by atoms with E-state index in [2.05, 4.69) is 24.3 Å². The summed E-state index contributed by atoms with van der Waals surface area (Å²) in [5.41, 5.74) is 2.15. The molecule has 1 heterocycles. The fourth-order valence-corrected chi connectivity index (χ4v) is 3.60. The van der Waals surface area contributed by atoms with Crippen LogP contribution >= 0.6 is 11.6 Å². The second kappa shape index (κ2) is 7.28. The van der Waals surface area contributed by atoms with E-state index in [1.807, 2.05) is 30.3 Å².